The van der Waals surface area contributed by atoms with E-state index in [9.17, 15) is 4.79 Å². The molecule has 13 heavy (non-hydrogen) atoms. The molecule has 0 aliphatic heterocycles. The van der Waals surface area contributed by atoms with E-state index in [0.717, 1.165) is 5.56 Å². The zero-order chi connectivity index (χ0) is 9.68. The molecular formula is C10H13ClNO+. The molecule has 3 N–H and O–H groups in total. The molecule has 1 aromatic carbocycles. The van der Waals surface area contributed by atoms with E-state index in [1.165, 1.54) is 0 Å². The van der Waals surface area contributed by atoms with Crippen LogP contribution in [0.2, 0.25) is 0 Å². The van der Waals surface area contributed by atoms with Gasteiger partial charge in [0, 0.05) is 6.42 Å². The third kappa shape index (κ3) is 3.17. The molecule has 3 heteroatoms. The lowest BCUT2D eigenvalue weighted by molar-refractivity contribution is -0.402. The first-order chi connectivity index (χ1) is 6.24. The highest BCUT2D eigenvalue weighted by Gasteiger charge is 2.15. The van der Waals surface area contributed by atoms with Crippen LogP contribution in [-0.2, 0) is 11.2 Å². The summed E-state index contributed by atoms with van der Waals surface area (Å²) in [4.78, 5) is 11.1. The van der Waals surface area contributed by atoms with Crippen LogP contribution in [0.4, 0.5) is 0 Å². The van der Waals surface area contributed by atoms with Crippen LogP contribution in [0.25, 0.3) is 0 Å². The van der Waals surface area contributed by atoms with Gasteiger partial charge in [0.1, 0.15) is 6.04 Å². The monoisotopic (exact) mass is 198 g/mol. The number of carbonyl (C=O) groups is 1. The summed E-state index contributed by atoms with van der Waals surface area (Å²) in [5.74, 6) is 0.0617. The van der Waals surface area contributed by atoms with Crippen molar-refractivity contribution in [1.29, 1.82) is 0 Å². The molecule has 1 rings (SSSR count). The first-order valence-corrected chi connectivity index (χ1v) is 4.73. The fraction of sp³-hybridized carbons (Fsp3) is 0.300. The molecule has 0 aliphatic carbocycles. The molecule has 1 atom stereocenters. The molecule has 0 aliphatic rings. The Bertz CT molecular complexity index is 274. The molecule has 1 aromatic rings. The van der Waals surface area contributed by atoms with Gasteiger partial charge in [0.25, 0.3) is 0 Å². The van der Waals surface area contributed by atoms with Gasteiger partial charge < -0.3 is 5.73 Å². The largest absolute Gasteiger partial charge is 0.349 e. The summed E-state index contributed by atoms with van der Waals surface area (Å²) < 4.78 is 0. The maximum absolute atomic E-state index is 11.1. The Morgan fingerprint density at radius 2 is 2.00 bits per heavy atom. The summed E-state index contributed by atoms with van der Waals surface area (Å²) in [6.45, 7) is 0. The first kappa shape index (κ1) is 10.2. The van der Waals surface area contributed by atoms with E-state index < -0.39 is 0 Å². The lowest BCUT2D eigenvalue weighted by Crippen LogP contribution is -2.66. The standard InChI is InChI=1S/C10H12ClNO/c11-7-10(13)9(12)6-8-4-2-1-3-5-8/h1-5,9H,6-7,12H2/p+1/t9-/m0/s1. The van der Waals surface area contributed by atoms with Gasteiger partial charge in [-0.05, 0) is 5.56 Å². The average Bonchev–Trinajstić information content (AvgIpc) is 2.18. The SMILES string of the molecule is [NH3+][C@@H](Cc1ccccc1)C(=O)CCl. The van der Waals surface area contributed by atoms with Crippen molar-refractivity contribution in [3.63, 3.8) is 0 Å². The summed E-state index contributed by atoms with van der Waals surface area (Å²) in [6, 6.07) is 9.60. The van der Waals surface area contributed by atoms with Crippen LogP contribution >= 0.6 is 11.6 Å². The molecule has 0 unspecified atom stereocenters. The highest BCUT2D eigenvalue weighted by molar-refractivity contribution is 6.28. The van der Waals surface area contributed by atoms with Crippen molar-refractivity contribution in [1.82, 2.24) is 0 Å². The summed E-state index contributed by atoms with van der Waals surface area (Å²) in [5, 5.41) is 0. The van der Waals surface area contributed by atoms with Crippen LogP contribution in [-0.4, -0.2) is 17.7 Å². The number of benzene rings is 1. The van der Waals surface area contributed by atoms with E-state index in [0.29, 0.717) is 6.42 Å². The number of ketones is 1. The van der Waals surface area contributed by atoms with Crippen LogP contribution in [0.15, 0.2) is 30.3 Å². The van der Waals surface area contributed by atoms with Gasteiger partial charge in [0.15, 0.2) is 0 Å². The van der Waals surface area contributed by atoms with E-state index in [-0.39, 0.29) is 17.7 Å². The topological polar surface area (TPSA) is 44.7 Å². The molecule has 70 valence electrons. The molecule has 0 fully saturated rings. The number of carbonyl (C=O) groups excluding carboxylic acids is 1. The van der Waals surface area contributed by atoms with E-state index in [2.05, 4.69) is 5.73 Å². The summed E-state index contributed by atoms with van der Waals surface area (Å²) in [7, 11) is 0. The van der Waals surface area contributed by atoms with Gasteiger partial charge in [-0.25, -0.2) is 0 Å². The number of alkyl halides is 1. The summed E-state index contributed by atoms with van der Waals surface area (Å²) >= 11 is 5.42. The van der Waals surface area contributed by atoms with Gasteiger partial charge in [-0.2, -0.15) is 0 Å². The summed E-state index contributed by atoms with van der Waals surface area (Å²) in [5.41, 5.74) is 4.90. The predicted molar refractivity (Wildman–Crippen MR) is 52.5 cm³/mol. The second-order valence-corrected chi connectivity index (χ2v) is 3.25. The van der Waals surface area contributed by atoms with Gasteiger partial charge in [0.05, 0.1) is 5.88 Å². The van der Waals surface area contributed by atoms with Gasteiger partial charge in [-0.3, -0.25) is 4.79 Å². The fourth-order valence-electron chi connectivity index (χ4n) is 1.12. The number of rotatable bonds is 4. The first-order valence-electron chi connectivity index (χ1n) is 4.19. The molecular weight excluding hydrogens is 186 g/mol. The number of hydrogen-bond donors (Lipinski definition) is 1. The van der Waals surface area contributed by atoms with E-state index >= 15 is 0 Å². The van der Waals surface area contributed by atoms with Crippen molar-refractivity contribution >= 4 is 17.4 Å². The zero-order valence-electron chi connectivity index (χ0n) is 7.37. The fourth-order valence-corrected chi connectivity index (χ4v) is 1.34. The number of Topliss-reactive ketones (excluding diaryl/α,β-unsaturated/α-hetero) is 1. The molecule has 0 radical (unpaired) electrons. The highest BCUT2D eigenvalue weighted by atomic mass is 35.5. The van der Waals surface area contributed by atoms with Crippen LogP contribution in [0.5, 0.6) is 0 Å². The number of quaternary nitrogens is 1. The second kappa shape index (κ2) is 5.00. The molecule has 0 spiro atoms. The third-order valence-electron chi connectivity index (χ3n) is 1.91. The second-order valence-electron chi connectivity index (χ2n) is 2.99. The van der Waals surface area contributed by atoms with Crippen LogP contribution in [0.3, 0.4) is 0 Å². The van der Waals surface area contributed by atoms with Crippen molar-refractivity contribution in [3.8, 4) is 0 Å². The Morgan fingerprint density at radius 3 is 2.54 bits per heavy atom. The van der Waals surface area contributed by atoms with Gasteiger partial charge >= 0.3 is 0 Å². The lowest BCUT2D eigenvalue weighted by Gasteiger charge is -2.04. The Balaban J connectivity index is 2.55. The minimum absolute atomic E-state index is 0.00511. The van der Waals surface area contributed by atoms with Gasteiger partial charge in [-0.1, -0.05) is 30.3 Å². The molecule has 0 heterocycles. The molecule has 0 aromatic heterocycles. The van der Waals surface area contributed by atoms with E-state index in [4.69, 9.17) is 11.6 Å². The zero-order valence-corrected chi connectivity index (χ0v) is 8.13. The maximum Gasteiger partial charge on any atom is 0.204 e. The smallest absolute Gasteiger partial charge is 0.204 e. The van der Waals surface area contributed by atoms with Gasteiger partial charge in [-0.15, -0.1) is 11.6 Å². The minimum Gasteiger partial charge on any atom is -0.349 e. The number of halogens is 1. The molecule has 0 saturated heterocycles. The molecule has 0 bridgehead atoms. The molecule has 0 saturated carbocycles. The molecule has 2 nitrogen and oxygen atoms in total. The predicted octanol–water partition coefficient (Wildman–Crippen LogP) is 0.647. The van der Waals surface area contributed by atoms with Crippen molar-refractivity contribution in [2.24, 2.45) is 0 Å². The van der Waals surface area contributed by atoms with Gasteiger partial charge in [0.2, 0.25) is 5.78 Å². The van der Waals surface area contributed by atoms with E-state index in [1.807, 2.05) is 30.3 Å². The third-order valence-corrected chi connectivity index (χ3v) is 2.18. The number of hydrogen-bond acceptors (Lipinski definition) is 1. The lowest BCUT2D eigenvalue weighted by atomic mass is 10.0. The van der Waals surface area contributed by atoms with Crippen LogP contribution < -0.4 is 5.73 Å². The Kier molecular flexibility index (Phi) is 3.93. The van der Waals surface area contributed by atoms with Crippen LogP contribution in [0.1, 0.15) is 5.56 Å². The Morgan fingerprint density at radius 1 is 1.38 bits per heavy atom. The Labute approximate surface area is 82.7 Å². The highest BCUT2D eigenvalue weighted by Crippen LogP contribution is 2.01. The van der Waals surface area contributed by atoms with Crippen molar-refractivity contribution in [2.45, 2.75) is 12.5 Å². The minimum atomic E-state index is -0.222. The van der Waals surface area contributed by atoms with Crippen molar-refractivity contribution in [3.05, 3.63) is 35.9 Å². The maximum atomic E-state index is 11.1. The normalized spacial score (nSPS) is 12.5. The van der Waals surface area contributed by atoms with E-state index in [1.54, 1.807) is 0 Å². The van der Waals surface area contributed by atoms with Crippen LogP contribution in [0, 0.1) is 0 Å². The summed E-state index contributed by atoms with van der Waals surface area (Å²) in [6.07, 6.45) is 0.673. The quantitative estimate of drug-likeness (QED) is 0.710. The van der Waals surface area contributed by atoms with Crippen molar-refractivity contribution in [2.75, 3.05) is 5.88 Å². The van der Waals surface area contributed by atoms with Crippen molar-refractivity contribution < 1.29 is 10.5 Å². The molecule has 0 amide bonds. The Hall–Kier alpha value is -0.860. The average molecular weight is 199 g/mol.